The Hall–Kier alpha value is -2.70. The molecule has 0 atom stereocenters. The summed E-state index contributed by atoms with van der Waals surface area (Å²) in [6.07, 6.45) is 0. The van der Waals surface area contributed by atoms with Crippen molar-refractivity contribution in [2.45, 2.75) is 20.8 Å². The quantitative estimate of drug-likeness (QED) is 0.521. The van der Waals surface area contributed by atoms with E-state index in [1.807, 2.05) is 0 Å². The minimum Gasteiger partial charge on any atom is -0.454 e. The Kier molecular flexibility index (Phi) is 5.52. The summed E-state index contributed by atoms with van der Waals surface area (Å²) in [5.41, 5.74) is -0.183. The first-order chi connectivity index (χ1) is 13.5. The Morgan fingerprint density at radius 3 is 2.24 bits per heavy atom. The smallest absolute Gasteiger partial charge is 0.338 e. The zero-order chi connectivity index (χ0) is 21.5. The standard InChI is InChI=1S/C21H17Cl2NO5/c1-21(2,3)17(25)10-29-20(28)11-4-6-13-14(8-11)19(27)24(18(13)26)16-7-5-12(22)9-15(16)23/h4-9H,10H2,1-3H3. The minimum absolute atomic E-state index is 0.0533. The molecule has 6 nitrogen and oxygen atoms in total. The Labute approximate surface area is 177 Å². The molecule has 0 spiro atoms. The Morgan fingerprint density at radius 1 is 0.966 bits per heavy atom. The second kappa shape index (κ2) is 7.61. The molecule has 0 unspecified atom stereocenters. The van der Waals surface area contributed by atoms with Crippen molar-refractivity contribution in [1.82, 2.24) is 0 Å². The van der Waals surface area contributed by atoms with Gasteiger partial charge in [0.15, 0.2) is 12.4 Å². The summed E-state index contributed by atoms with van der Waals surface area (Å²) in [4.78, 5) is 50.7. The molecule has 3 rings (SSSR count). The Bertz CT molecular complexity index is 1060. The average Bonchev–Trinajstić information content (AvgIpc) is 2.89. The number of fused-ring (bicyclic) bond motifs is 1. The number of Topliss-reactive ketones (excluding diaryl/α,β-unsaturated/α-hetero) is 1. The summed E-state index contributed by atoms with van der Waals surface area (Å²) in [7, 11) is 0. The predicted octanol–water partition coefficient (Wildman–Crippen LogP) is 4.57. The lowest BCUT2D eigenvalue weighted by Crippen LogP contribution is -2.29. The number of hydrogen-bond donors (Lipinski definition) is 0. The molecule has 0 aromatic heterocycles. The molecule has 2 amide bonds. The summed E-state index contributed by atoms with van der Waals surface area (Å²) in [6, 6.07) is 8.45. The molecule has 1 aliphatic heterocycles. The van der Waals surface area contributed by atoms with Crippen LogP contribution in [0.3, 0.4) is 0 Å². The van der Waals surface area contributed by atoms with Crippen molar-refractivity contribution in [3.05, 3.63) is 63.1 Å². The summed E-state index contributed by atoms with van der Waals surface area (Å²) in [5.74, 6) is -2.16. The summed E-state index contributed by atoms with van der Waals surface area (Å²) in [6.45, 7) is 4.79. The average molecular weight is 434 g/mol. The van der Waals surface area contributed by atoms with E-state index < -0.39 is 23.2 Å². The van der Waals surface area contributed by atoms with Gasteiger partial charge >= 0.3 is 5.97 Å². The highest BCUT2D eigenvalue weighted by molar-refractivity contribution is 6.41. The number of halogens is 2. The van der Waals surface area contributed by atoms with Crippen LogP contribution in [0.1, 0.15) is 51.8 Å². The number of rotatable bonds is 4. The molecule has 1 aliphatic rings. The van der Waals surface area contributed by atoms with E-state index in [0.717, 1.165) is 4.90 Å². The monoisotopic (exact) mass is 433 g/mol. The van der Waals surface area contributed by atoms with Gasteiger partial charge in [0.1, 0.15) is 0 Å². The van der Waals surface area contributed by atoms with Crippen LogP contribution in [0, 0.1) is 5.41 Å². The third-order valence-electron chi connectivity index (χ3n) is 4.44. The third-order valence-corrected chi connectivity index (χ3v) is 4.98. The van der Waals surface area contributed by atoms with Crippen molar-refractivity contribution in [2.24, 2.45) is 5.41 Å². The van der Waals surface area contributed by atoms with Crippen molar-refractivity contribution >= 4 is 52.5 Å². The molecule has 2 aromatic rings. The minimum atomic E-state index is -0.756. The van der Waals surface area contributed by atoms with E-state index in [0.29, 0.717) is 5.02 Å². The first kappa shape index (κ1) is 21.0. The maximum absolute atomic E-state index is 12.8. The summed E-state index contributed by atoms with van der Waals surface area (Å²) < 4.78 is 5.05. The fourth-order valence-electron chi connectivity index (χ4n) is 2.68. The number of carbonyl (C=O) groups is 4. The highest BCUT2D eigenvalue weighted by atomic mass is 35.5. The molecule has 0 N–H and O–H groups in total. The zero-order valence-corrected chi connectivity index (χ0v) is 17.4. The number of amides is 2. The van der Waals surface area contributed by atoms with Crippen LogP contribution in [0.5, 0.6) is 0 Å². The molecular formula is C21H17Cl2NO5. The van der Waals surface area contributed by atoms with Gasteiger partial charge in [-0.2, -0.15) is 0 Å². The van der Waals surface area contributed by atoms with Gasteiger partial charge in [0, 0.05) is 10.4 Å². The van der Waals surface area contributed by atoms with Crippen molar-refractivity contribution in [3.8, 4) is 0 Å². The van der Waals surface area contributed by atoms with E-state index in [9.17, 15) is 19.2 Å². The third kappa shape index (κ3) is 4.04. The number of esters is 1. The molecule has 0 saturated carbocycles. The van der Waals surface area contributed by atoms with Gasteiger partial charge < -0.3 is 4.74 Å². The van der Waals surface area contributed by atoms with Gasteiger partial charge in [0.2, 0.25) is 0 Å². The number of hydrogen-bond acceptors (Lipinski definition) is 5. The van der Waals surface area contributed by atoms with Gasteiger partial charge in [-0.1, -0.05) is 44.0 Å². The maximum atomic E-state index is 12.8. The molecule has 1 heterocycles. The lowest BCUT2D eigenvalue weighted by molar-refractivity contribution is -0.129. The van der Waals surface area contributed by atoms with Crippen LogP contribution in [-0.4, -0.2) is 30.2 Å². The lowest BCUT2D eigenvalue weighted by Gasteiger charge is -2.16. The fraction of sp³-hybridized carbons (Fsp3) is 0.238. The second-order valence-electron chi connectivity index (χ2n) is 7.55. The molecule has 0 saturated heterocycles. The summed E-state index contributed by atoms with van der Waals surface area (Å²) >= 11 is 12.0. The molecule has 150 valence electrons. The maximum Gasteiger partial charge on any atom is 0.338 e. The topological polar surface area (TPSA) is 80.8 Å². The van der Waals surface area contributed by atoms with E-state index in [1.54, 1.807) is 20.8 Å². The van der Waals surface area contributed by atoms with E-state index in [1.165, 1.54) is 36.4 Å². The van der Waals surface area contributed by atoms with Crippen LogP contribution < -0.4 is 4.90 Å². The van der Waals surface area contributed by atoms with Crippen molar-refractivity contribution < 1.29 is 23.9 Å². The summed E-state index contributed by atoms with van der Waals surface area (Å²) in [5, 5.41) is 0.512. The lowest BCUT2D eigenvalue weighted by atomic mass is 9.91. The predicted molar refractivity (Wildman–Crippen MR) is 109 cm³/mol. The number of anilines is 1. The largest absolute Gasteiger partial charge is 0.454 e. The fourth-order valence-corrected chi connectivity index (χ4v) is 3.17. The van der Waals surface area contributed by atoms with E-state index >= 15 is 0 Å². The first-order valence-corrected chi connectivity index (χ1v) is 9.44. The van der Waals surface area contributed by atoms with E-state index in [2.05, 4.69) is 0 Å². The SMILES string of the molecule is CC(C)(C)C(=O)COC(=O)c1ccc2c(c1)C(=O)N(c1ccc(Cl)cc1Cl)C2=O. The number of carbonyl (C=O) groups excluding carboxylic acids is 4. The highest BCUT2D eigenvalue weighted by Crippen LogP contribution is 2.35. The van der Waals surface area contributed by atoms with Crippen LogP contribution >= 0.6 is 23.2 Å². The number of benzene rings is 2. The van der Waals surface area contributed by atoms with E-state index in [-0.39, 0.29) is 39.8 Å². The molecule has 0 radical (unpaired) electrons. The number of ether oxygens (including phenoxy) is 1. The van der Waals surface area contributed by atoms with Crippen molar-refractivity contribution in [3.63, 3.8) is 0 Å². The number of ketones is 1. The molecule has 8 heteroatoms. The van der Waals surface area contributed by atoms with Crippen LogP contribution in [0.25, 0.3) is 0 Å². The second-order valence-corrected chi connectivity index (χ2v) is 8.39. The van der Waals surface area contributed by atoms with Gasteiger partial charge in [-0.25, -0.2) is 9.69 Å². The molecule has 0 bridgehead atoms. The van der Waals surface area contributed by atoms with Gasteiger partial charge in [-0.3, -0.25) is 14.4 Å². The molecular weight excluding hydrogens is 417 g/mol. The van der Waals surface area contributed by atoms with Crippen LogP contribution in [0.4, 0.5) is 5.69 Å². The first-order valence-electron chi connectivity index (χ1n) is 8.69. The van der Waals surface area contributed by atoms with Crippen LogP contribution in [0.15, 0.2) is 36.4 Å². The van der Waals surface area contributed by atoms with Gasteiger partial charge in [-0.15, -0.1) is 0 Å². The molecule has 2 aromatic carbocycles. The number of nitrogens with zero attached hydrogens (tertiary/aromatic N) is 1. The Morgan fingerprint density at radius 2 is 1.62 bits per heavy atom. The number of imide groups is 1. The highest BCUT2D eigenvalue weighted by Gasteiger charge is 2.38. The van der Waals surface area contributed by atoms with Crippen LogP contribution in [-0.2, 0) is 9.53 Å². The van der Waals surface area contributed by atoms with Gasteiger partial charge in [0.05, 0.1) is 27.4 Å². The zero-order valence-electron chi connectivity index (χ0n) is 15.9. The normalized spacial score (nSPS) is 13.5. The van der Waals surface area contributed by atoms with Crippen LogP contribution in [0.2, 0.25) is 10.0 Å². The van der Waals surface area contributed by atoms with Gasteiger partial charge in [0.25, 0.3) is 11.8 Å². The Balaban J connectivity index is 1.86. The van der Waals surface area contributed by atoms with E-state index in [4.69, 9.17) is 27.9 Å². The molecule has 0 aliphatic carbocycles. The van der Waals surface area contributed by atoms with Gasteiger partial charge in [-0.05, 0) is 36.4 Å². The molecule has 29 heavy (non-hydrogen) atoms. The van der Waals surface area contributed by atoms with Crippen molar-refractivity contribution in [2.75, 3.05) is 11.5 Å². The van der Waals surface area contributed by atoms with Crippen molar-refractivity contribution in [1.29, 1.82) is 0 Å². The molecule has 0 fully saturated rings.